The second-order valence-corrected chi connectivity index (χ2v) is 6.09. The molecule has 3 heteroatoms. The van der Waals surface area contributed by atoms with Gasteiger partial charge in [-0.1, -0.05) is 24.6 Å². The number of rotatable bonds is 6. The summed E-state index contributed by atoms with van der Waals surface area (Å²) in [7, 11) is 2.15. The predicted octanol–water partition coefficient (Wildman–Crippen LogP) is 4.25. The van der Waals surface area contributed by atoms with Crippen LogP contribution in [0, 0.1) is 5.92 Å². The van der Waals surface area contributed by atoms with E-state index in [9.17, 15) is 0 Å². The van der Waals surface area contributed by atoms with Crippen LogP contribution < -0.4 is 10.2 Å². The summed E-state index contributed by atoms with van der Waals surface area (Å²) in [6, 6.07) is 7.37. The lowest BCUT2D eigenvalue weighted by Crippen LogP contribution is -2.30. The van der Waals surface area contributed by atoms with Crippen molar-refractivity contribution in [2.24, 2.45) is 5.92 Å². The lowest BCUT2D eigenvalue weighted by atomic mass is 10.1. The zero-order valence-electron chi connectivity index (χ0n) is 12.4. The quantitative estimate of drug-likeness (QED) is 0.838. The van der Waals surface area contributed by atoms with Gasteiger partial charge in [0.05, 0.1) is 10.7 Å². The lowest BCUT2D eigenvalue weighted by Gasteiger charge is -2.28. The summed E-state index contributed by atoms with van der Waals surface area (Å²) in [5.41, 5.74) is 2.40. The Morgan fingerprint density at radius 1 is 1.37 bits per heavy atom. The molecule has 1 N–H and O–H groups in total. The van der Waals surface area contributed by atoms with Gasteiger partial charge in [0.1, 0.15) is 0 Å². The van der Waals surface area contributed by atoms with Crippen LogP contribution in [0.4, 0.5) is 5.69 Å². The molecule has 106 valence electrons. The van der Waals surface area contributed by atoms with Crippen molar-refractivity contribution in [3.8, 4) is 0 Å². The fourth-order valence-electron chi connectivity index (χ4n) is 2.62. The first-order valence-electron chi connectivity index (χ1n) is 7.30. The maximum atomic E-state index is 6.47. The lowest BCUT2D eigenvalue weighted by molar-refractivity contribution is 0.596. The number of halogens is 1. The molecule has 0 spiro atoms. The van der Waals surface area contributed by atoms with Crippen LogP contribution in [0.1, 0.15) is 45.2 Å². The van der Waals surface area contributed by atoms with Gasteiger partial charge in [0.15, 0.2) is 0 Å². The third-order valence-electron chi connectivity index (χ3n) is 4.28. The highest BCUT2D eigenvalue weighted by Gasteiger charge is 2.31. The molecule has 0 amide bonds. The average Bonchev–Trinajstić information content (AvgIpc) is 3.21. The van der Waals surface area contributed by atoms with Gasteiger partial charge in [-0.25, -0.2) is 0 Å². The van der Waals surface area contributed by atoms with E-state index in [0.29, 0.717) is 12.1 Å². The van der Waals surface area contributed by atoms with Gasteiger partial charge in [0.25, 0.3) is 0 Å². The van der Waals surface area contributed by atoms with Crippen LogP contribution in [0.15, 0.2) is 18.2 Å². The topological polar surface area (TPSA) is 15.3 Å². The Morgan fingerprint density at radius 3 is 2.58 bits per heavy atom. The van der Waals surface area contributed by atoms with Crippen molar-refractivity contribution in [3.05, 3.63) is 28.8 Å². The molecule has 1 aromatic rings. The smallest absolute Gasteiger partial charge is 0.0642 e. The molecule has 0 bridgehead atoms. The van der Waals surface area contributed by atoms with Gasteiger partial charge in [0.2, 0.25) is 0 Å². The molecule has 0 aliphatic heterocycles. The molecule has 0 aromatic heterocycles. The number of anilines is 1. The monoisotopic (exact) mass is 280 g/mol. The second kappa shape index (κ2) is 6.15. The van der Waals surface area contributed by atoms with Crippen LogP contribution in [0.5, 0.6) is 0 Å². The van der Waals surface area contributed by atoms with E-state index in [4.69, 9.17) is 11.6 Å². The average molecular weight is 281 g/mol. The number of benzene rings is 1. The van der Waals surface area contributed by atoms with Crippen LogP contribution in [-0.2, 0) is 0 Å². The van der Waals surface area contributed by atoms with Gasteiger partial charge < -0.3 is 10.2 Å². The van der Waals surface area contributed by atoms with Gasteiger partial charge in [0, 0.05) is 19.1 Å². The van der Waals surface area contributed by atoms with E-state index >= 15 is 0 Å². The van der Waals surface area contributed by atoms with Crippen molar-refractivity contribution in [1.29, 1.82) is 0 Å². The SMILES string of the molecule is CCNC(C)c1ccc(N(C)C(C)C2CC2)c(Cl)c1. The Bertz CT molecular complexity index is 429. The standard InChI is InChI=1S/C16H25ClN2/c1-5-18-11(2)14-8-9-16(15(17)10-14)19(4)12(3)13-6-7-13/h8-13,18H,5-7H2,1-4H3. The molecule has 2 unspecified atom stereocenters. The first-order chi connectivity index (χ1) is 9.04. The molecule has 1 aliphatic rings. The van der Waals surface area contributed by atoms with Gasteiger partial charge in [-0.05, 0) is 56.8 Å². The molecular weight excluding hydrogens is 256 g/mol. The minimum absolute atomic E-state index is 0.350. The van der Waals surface area contributed by atoms with E-state index in [0.717, 1.165) is 23.2 Å². The summed E-state index contributed by atoms with van der Waals surface area (Å²) in [6.07, 6.45) is 2.72. The minimum Gasteiger partial charge on any atom is -0.370 e. The molecule has 19 heavy (non-hydrogen) atoms. The van der Waals surface area contributed by atoms with Crippen molar-refractivity contribution in [1.82, 2.24) is 5.32 Å². The Labute approximate surface area is 122 Å². The van der Waals surface area contributed by atoms with Gasteiger partial charge >= 0.3 is 0 Å². The molecule has 2 rings (SSSR count). The van der Waals surface area contributed by atoms with Crippen LogP contribution in [-0.4, -0.2) is 19.6 Å². The van der Waals surface area contributed by atoms with Crippen molar-refractivity contribution < 1.29 is 0 Å². The van der Waals surface area contributed by atoms with E-state index in [1.807, 2.05) is 0 Å². The molecule has 1 aliphatic carbocycles. The molecule has 2 nitrogen and oxygen atoms in total. The highest BCUT2D eigenvalue weighted by atomic mass is 35.5. The van der Waals surface area contributed by atoms with Gasteiger partial charge in [-0.3, -0.25) is 0 Å². The van der Waals surface area contributed by atoms with Crippen molar-refractivity contribution in [3.63, 3.8) is 0 Å². The molecule has 0 heterocycles. The summed E-state index contributed by atoms with van der Waals surface area (Å²) < 4.78 is 0. The number of nitrogens with one attached hydrogen (secondary N) is 1. The normalized spacial score (nSPS) is 18.2. The van der Waals surface area contributed by atoms with Crippen molar-refractivity contribution >= 4 is 17.3 Å². The molecular formula is C16H25ClN2. The maximum absolute atomic E-state index is 6.47. The second-order valence-electron chi connectivity index (χ2n) is 5.68. The third kappa shape index (κ3) is 3.43. The number of nitrogens with zero attached hydrogens (tertiary/aromatic N) is 1. The van der Waals surface area contributed by atoms with Crippen molar-refractivity contribution in [2.75, 3.05) is 18.5 Å². The molecule has 0 radical (unpaired) electrons. The highest BCUT2D eigenvalue weighted by molar-refractivity contribution is 6.33. The van der Waals surface area contributed by atoms with E-state index in [1.165, 1.54) is 18.4 Å². The van der Waals surface area contributed by atoms with Gasteiger partial charge in [-0.2, -0.15) is 0 Å². The largest absolute Gasteiger partial charge is 0.370 e. The summed E-state index contributed by atoms with van der Waals surface area (Å²) in [5, 5.41) is 4.27. The zero-order valence-corrected chi connectivity index (χ0v) is 13.2. The minimum atomic E-state index is 0.350. The van der Waals surface area contributed by atoms with Crippen LogP contribution in [0.2, 0.25) is 5.02 Å². The third-order valence-corrected chi connectivity index (χ3v) is 4.58. The first-order valence-corrected chi connectivity index (χ1v) is 7.68. The van der Waals surface area contributed by atoms with Gasteiger partial charge in [-0.15, -0.1) is 0 Å². The summed E-state index contributed by atoms with van der Waals surface area (Å²) in [4.78, 5) is 2.32. The summed E-state index contributed by atoms with van der Waals surface area (Å²) in [5.74, 6) is 0.849. The molecule has 1 aromatic carbocycles. The van der Waals surface area contributed by atoms with E-state index in [-0.39, 0.29) is 0 Å². The Morgan fingerprint density at radius 2 is 2.05 bits per heavy atom. The number of hydrogen-bond donors (Lipinski definition) is 1. The van der Waals surface area contributed by atoms with Crippen LogP contribution in [0.25, 0.3) is 0 Å². The fraction of sp³-hybridized carbons (Fsp3) is 0.625. The molecule has 2 atom stereocenters. The van der Waals surface area contributed by atoms with Crippen molar-refractivity contribution in [2.45, 2.75) is 45.7 Å². The Hall–Kier alpha value is -0.730. The number of hydrogen-bond acceptors (Lipinski definition) is 2. The van der Waals surface area contributed by atoms with E-state index in [1.54, 1.807) is 0 Å². The first kappa shape index (κ1) is 14.7. The molecule has 1 fully saturated rings. The van der Waals surface area contributed by atoms with E-state index in [2.05, 4.69) is 56.2 Å². The van der Waals surface area contributed by atoms with E-state index < -0.39 is 0 Å². The molecule has 0 saturated heterocycles. The summed E-state index contributed by atoms with van der Waals surface area (Å²) >= 11 is 6.47. The van der Waals surface area contributed by atoms with Crippen LogP contribution in [0.3, 0.4) is 0 Å². The Kier molecular flexibility index (Phi) is 4.75. The summed E-state index contributed by atoms with van der Waals surface area (Å²) in [6.45, 7) is 7.56. The highest BCUT2D eigenvalue weighted by Crippen LogP contribution is 2.38. The fourth-order valence-corrected chi connectivity index (χ4v) is 2.94. The Balaban J connectivity index is 2.14. The zero-order chi connectivity index (χ0) is 14.0. The molecule has 1 saturated carbocycles. The maximum Gasteiger partial charge on any atom is 0.0642 e. The van der Waals surface area contributed by atoms with Crippen LogP contribution >= 0.6 is 11.6 Å². The predicted molar refractivity (Wildman–Crippen MR) is 84.1 cm³/mol.